The molecule has 0 aliphatic carbocycles. The van der Waals surface area contributed by atoms with E-state index in [-0.39, 0.29) is 0 Å². The van der Waals surface area contributed by atoms with Gasteiger partial charge in [0.15, 0.2) is 0 Å². The minimum Gasteiger partial charge on any atom is -0.489 e. The maximum absolute atomic E-state index is 10.0. The largest absolute Gasteiger partial charge is 0.489 e. The molecule has 0 spiro atoms. The van der Waals surface area contributed by atoms with Crippen molar-refractivity contribution in [1.82, 2.24) is 0 Å². The van der Waals surface area contributed by atoms with E-state index in [2.05, 4.69) is 29.0 Å². The third-order valence-corrected chi connectivity index (χ3v) is 3.19. The molecule has 0 amide bonds. The predicted octanol–water partition coefficient (Wildman–Crippen LogP) is 3.76. The minimum absolute atomic E-state index is 0.494. The van der Waals surface area contributed by atoms with E-state index in [1.54, 1.807) is 0 Å². The quantitative estimate of drug-likeness (QED) is 0.519. The topological polar surface area (TPSA) is 35.5 Å². The number of benzene rings is 2. The molecule has 0 aromatic heterocycles. The number of hydrogen-bond donors (Lipinski definition) is 0. The van der Waals surface area contributed by atoms with Crippen LogP contribution in [0.5, 0.6) is 5.75 Å². The zero-order valence-electron chi connectivity index (χ0n) is 12.0. The van der Waals surface area contributed by atoms with E-state index in [1.807, 2.05) is 30.3 Å². The number of carbonyl (C=O) groups is 1. The Morgan fingerprint density at radius 1 is 0.905 bits per heavy atom. The Morgan fingerprint density at radius 2 is 1.71 bits per heavy atom. The van der Waals surface area contributed by atoms with Crippen molar-refractivity contribution in [2.24, 2.45) is 0 Å². The molecule has 0 radical (unpaired) electrons. The van der Waals surface area contributed by atoms with Gasteiger partial charge in [-0.3, -0.25) is 4.79 Å². The first-order valence-corrected chi connectivity index (χ1v) is 7.19. The summed E-state index contributed by atoms with van der Waals surface area (Å²) in [4.78, 5) is 10.0. The van der Waals surface area contributed by atoms with Crippen molar-refractivity contribution < 1.29 is 14.3 Å². The standard InChI is InChI=1S/C18H20O3/c19-15-20-12-5-4-7-16-10-6-11-18(13-16)21-14-17-8-2-1-3-9-17/h1-3,6,8-11,13,15H,4-5,7,12,14H2. The fourth-order valence-electron chi connectivity index (χ4n) is 2.09. The van der Waals surface area contributed by atoms with Crippen molar-refractivity contribution in [1.29, 1.82) is 0 Å². The summed E-state index contributed by atoms with van der Waals surface area (Å²) in [6, 6.07) is 18.3. The molecule has 21 heavy (non-hydrogen) atoms. The average Bonchev–Trinajstić information content (AvgIpc) is 2.54. The highest BCUT2D eigenvalue weighted by Crippen LogP contribution is 2.16. The van der Waals surface area contributed by atoms with Crippen molar-refractivity contribution in [3.05, 3.63) is 65.7 Å². The van der Waals surface area contributed by atoms with Crippen LogP contribution in [-0.4, -0.2) is 13.1 Å². The average molecular weight is 284 g/mol. The molecule has 0 unspecified atom stereocenters. The number of hydrogen-bond acceptors (Lipinski definition) is 3. The maximum atomic E-state index is 10.0. The Labute approximate surface area is 125 Å². The first-order valence-electron chi connectivity index (χ1n) is 7.19. The van der Waals surface area contributed by atoms with Gasteiger partial charge in [-0.2, -0.15) is 0 Å². The highest BCUT2D eigenvalue weighted by Gasteiger charge is 1.99. The van der Waals surface area contributed by atoms with E-state index in [0.717, 1.165) is 30.6 Å². The molecule has 0 saturated heterocycles. The summed E-state index contributed by atoms with van der Waals surface area (Å²) in [5, 5.41) is 0. The lowest BCUT2D eigenvalue weighted by Crippen LogP contribution is -1.96. The van der Waals surface area contributed by atoms with Crippen LogP contribution in [0, 0.1) is 0 Å². The third-order valence-electron chi connectivity index (χ3n) is 3.19. The molecule has 0 fully saturated rings. The molecule has 2 rings (SSSR count). The van der Waals surface area contributed by atoms with E-state index in [4.69, 9.17) is 4.74 Å². The summed E-state index contributed by atoms with van der Waals surface area (Å²) in [5.74, 6) is 0.889. The third kappa shape index (κ3) is 5.69. The number of ether oxygens (including phenoxy) is 2. The monoisotopic (exact) mass is 284 g/mol. The molecule has 2 aromatic carbocycles. The van der Waals surface area contributed by atoms with Gasteiger partial charge >= 0.3 is 0 Å². The number of aryl methyl sites for hydroxylation is 1. The maximum Gasteiger partial charge on any atom is 0.293 e. The molecular formula is C18H20O3. The van der Waals surface area contributed by atoms with Crippen molar-refractivity contribution in [2.45, 2.75) is 25.9 Å². The fourth-order valence-corrected chi connectivity index (χ4v) is 2.09. The first-order chi connectivity index (χ1) is 10.4. The zero-order chi connectivity index (χ0) is 14.8. The molecule has 3 nitrogen and oxygen atoms in total. The van der Waals surface area contributed by atoms with Crippen molar-refractivity contribution in [3.63, 3.8) is 0 Å². The number of rotatable bonds is 9. The van der Waals surface area contributed by atoms with Crippen LogP contribution < -0.4 is 4.74 Å². The van der Waals surface area contributed by atoms with Gasteiger partial charge < -0.3 is 9.47 Å². The Bertz CT molecular complexity index is 537. The van der Waals surface area contributed by atoms with E-state index >= 15 is 0 Å². The Balaban J connectivity index is 1.79. The van der Waals surface area contributed by atoms with E-state index < -0.39 is 0 Å². The summed E-state index contributed by atoms with van der Waals surface area (Å²) in [6.07, 6.45) is 2.84. The van der Waals surface area contributed by atoms with Crippen molar-refractivity contribution >= 4 is 6.47 Å². The van der Waals surface area contributed by atoms with Crippen LogP contribution in [0.3, 0.4) is 0 Å². The van der Waals surface area contributed by atoms with Crippen LogP contribution in [0.15, 0.2) is 54.6 Å². The number of unbranched alkanes of at least 4 members (excludes halogenated alkanes) is 1. The zero-order valence-corrected chi connectivity index (χ0v) is 12.0. The molecular weight excluding hydrogens is 264 g/mol. The highest BCUT2D eigenvalue weighted by atomic mass is 16.5. The molecule has 0 aliphatic heterocycles. The molecule has 0 saturated carbocycles. The van der Waals surface area contributed by atoms with Crippen molar-refractivity contribution in [2.75, 3.05) is 6.61 Å². The van der Waals surface area contributed by atoms with Crippen LogP contribution in [-0.2, 0) is 22.6 Å². The van der Waals surface area contributed by atoms with Crippen LogP contribution in [0.25, 0.3) is 0 Å². The highest BCUT2D eigenvalue weighted by molar-refractivity contribution is 5.36. The summed E-state index contributed by atoms with van der Waals surface area (Å²) in [6.45, 7) is 1.57. The number of carbonyl (C=O) groups excluding carboxylic acids is 1. The van der Waals surface area contributed by atoms with Gasteiger partial charge in [0.05, 0.1) is 6.61 Å². The van der Waals surface area contributed by atoms with Gasteiger partial charge in [0.1, 0.15) is 12.4 Å². The van der Waals surface area contributed by atoms with Gasteiger partial charge in [0.2, 0.25) is 0 Å². The second-order valence-corrected chi connectivity index (χ2v) is 4.85. The summed E-state index contributed by atoms with van der Waals surface area (Å²) in [5.41, 5.74) is 2.40. The SMILES string of the molecule is O=COCCCCc1cccc(OCc2ccccc2)c1. The normalized spacial score (nSPS) is 10.1. The Kier molecular flexibility index (Phi) is 6.33. The lowest BCUT2D eigenvalue weighted by atomic mass is 10.1. The van der Waals surface area contributed by atoms with Gasteiger partial charge in [0, 0.05) is 0 Å². The molecule has 3 heteroatoms. The lowest BCUT2D eigenvalue weighted by Gasteiger charge is -2.08. The van der Waals surface area contributed by atoms with E-state index in [9.17, 15) is 4.79 Å². The molecule has 0 heterocycles. The molecule has 2 aromatic rings. The van der Waals surface area contributed by atoms with E-state index in [0.29, 0.717) is 19.7 Å². The molecule has 0 atom stereocenters. The van der Waals surface area contributed by atoms with Crippen LogP contribution in [0.4, 0.5) is 0 Å². The molecule has 0 bridgehead atoms. The molecule has 0 aliphatic rings. The predicted molar refractivity (Wildman–Crippen MR) is 82.2 cm³/mol. The van der Waals surface area contributed by atoms with E-state index in [1.165, 1.54) is 5.56 Å². The fraction of sp³-hybridized carbons (Fsp3) is 0.278. The molecule has 110 valence electrons. The van der Waals surface area contributed by atoms with Crippen molar-refractivity contribution in [3.8, 4) is 5.75 Å². The molecule has 0 N–H and O–H groups in total. The summed E-state index contributed by atoms with van der Waals surface area (Å²) >= 11 is 0. The van der Waals surface area contributed by atoms with Gasteiger partial charge in [-0.25, -0.2) is 0 Å². The van der Waals surface area contributed by atoms with Crippen LogP contribution >= 0.6 is 0 Å². The Morgan fingerprint density at radius 3 is 2.52 bits per heavy atom. The van der Waals surface area contributed by atoms with Gasteiger partial charge in [-0.1, -0.05) is 42.5 Å². The Hall–Kier alpha value is -2.29. The summed E-state index contributed by atoms with van der Waals surface area (Å²) in [7, 11) is 0. The van der Waals surface area contributed by atoms with Crippen LogP contribution in [0.2, 0.25) is 0 Å². The van der Waals surface area contributed by atoms with Gasteiger partial charge in [-0.05, 0) is 42.5 Å². The second kappa shape index (κ2) is 8.80. The van der Waals surface area contributed by atoms with Gasteiger partial charge in [0.25, 0.3) is 6.47 Å². The smallest absolute Gasteiger partial charge is 0.293 e. The lowest BCUT2D eigenvalue weighted by molar-refractivity contribution is -0.128. The van der Waals surface area contributed by atoms with Gasteiger partial charge in [-0.15, -0.1) is 0 Å². The second-order valence-electron chi connectivity index (χ2n) is 4.85. The minimum atomic E-state index is 0.494. The first kappa shape index (κ1) is 15.1. The summed E-state index contributed by atoms with van der Waals surface area (Å²) < 4.78 is 10.5. The van der Waals surface area contributed by atoms with Crippen LogP contribution in [0.1, 0.15) is 24.0 Å².